The zero-order valence-electron chi connectivity index (χ0n) is 12.7. The molecule has 0 saturated carbocycles. The number of nitrogens with zero attached hydrogens (tertiary/aromatic N) is 2. The molecule has 1 fully saturated rings. The van der Waals surface area contributed by atoms with Gasteiger partial charge >= 0.3 is 0 Å². The third-order valence-corrected chi connectivity index (χ3v) is 3.98. The van der Waals surface area contributed by atoms with Gasteiger partial charge in [-0.2, -0.15) is 0 Å². The summed E-state index contributed by atoms with van der Waals surface area (Å²) in [5, 5.41) is 14.4. The Morgan fingerprint density at radius 1 is 1.48 bits per heavy atom. The summed E-state index contributed by atoms with van der Waals surface area (Å²) in [6, 6.07) is 5.48. The highest BCUT2D eigenvalue weighted by Gasteiger charge is 2.20. The molecule has 1 unspecified atom stereocenters. The van der Waals surface area contributed by atoms with E-state index in [1.807, 2.05) is 6.07 Å². The number of likely N-dealkylation sites (N-methyl/N-ethyl adjacent to an activating group) is 1. The number of nitro benzene ring substituents is 1. The minimum Gasteiger partial charge on any atom is -0.496 e. The third-order valence-electron chi connectivity index (χ3n) is 3.98. The molecule has 0 aromatic heterocycles. The van der Waals surface area contributed by atoms with E-state index in [1.54, 1.807) is 6.07 Å². The summed E-state index contributed by atoms with van der Waals surface area (Å²) in [5.74, 6) is 0.539. The van der Waals surface area contributed by atoms with Crippen molar-refractivity contribution in [1.29, 1.82) is 0 Å². The number of benzene rings is 1. The minimum absolute atomic E-state index is 0.0853. The van der Waals surface area contributed by atoms with E-state index < -0.39 is 0 Å². The van der Waals surface area contributed by atoms with Gasteiger partial charge < -0.3 is 10.1 Å². The van der Waals surface area contributed by atoms with E-state index in [9.17, 15) is 10.1 Å². The van der Waals surface area contributed by atoms with Crippen LogP contribution in [-0.4, -0.2) is 42.6 Å². The van der Waals surface area contributed by atoms with E-state index in [2.05, 4.69) is 17.1 Å². The van der Waals surface area contributed by atoms with Crippen LogP contribution in [0, 0.1) is 10.1 Å². The topological polar surface area (TPSA) is 67.6 Å². The lowest BCUT2D eigenvalue weighted by molar-refractivity contribution is -0.385. The first-order valence-corrected chi connectivity index (χ1v) is 7.41. The molecule has 1 atom stereocenters. The second-order valence-corrected chi connectivity index (χ2v) is 5.36. The van der Waals surface area contributed by atoms with E-state index >= 15 is 0 Å². The van der Waals surface area contributed by atoms with Crippen molar-refractivity contribution in [3.63, 3.8) is 0 Å². The van der Waals surface area contributed by atoms with Gasteiger partial charge in [0, 0.05) is 25.2 Å². The Morgan fingerprint density at radius 3 is 2.86 bits per heavy atom. The van der Waals surface area contributed by atoms with Crippen LogP contribution < -0.4 is 10.1 Å². The fourth-order valence-corrected chi connectivity index (χ4v) is 2.84. The Labute approximate surface area is 125 Å². The van der Waals surface area contributed by atoms with Crippen LogP contribution in [0.1, 0.15) is 25.3 Å². The Morgan fingerprint density at radius 2 is 2.29 bits per heavy atom. The number of non-ortho nitro benzene ring substituents is 1. The first-order valence-electron chi connectivity index (χ1n) is 7.41. The largest absolute Gasteiger partial charge is 0.496 e. The average molecular weight is 293 g/mol. The zero-order valence-corrected chi connectivity index (χ0v) is 12.7. The number of hydrogen-bond donors (Lipinski definition) is 1. The number of hydrogen-bond acceptors (Lipinski definition) is 5. The van der Waals surface area contributed by atoms with Gasteiger partial charge in [0.15, 0.2) is 0 Å². The number of ether oxygens (including phenoxy) is 1. The molecule has 21 heavy (non-hydrogen) atoms. The van der Waals surface area contributed by atoms with Gasteiger partial charge in [-0.25, -0.2) is 0 Å². The molecule has 1 aliphatic rings. The van der Waals surface area contributed by atoms with Crippen LogP contribution in [0.5, 0.6) is 5.75 Å². The Balaban J connectivity index is 2.15. The SMILES string of the molecule is CCN(Cc1cc(OC)cc([N+](=O)[O-])c1)C1CCCNC1. The quantitative estimate of drug-likeness (QED) is 0.643. The van der Waals surface area contributed by atoms with Crippen molar-refractivity contribution < 1.29 is 9.66 Å². The number of nitrogens with one attached hydrogen (secondary N) is 1. The van der Waals surface area contributed by atoms with Crippen LogP contribution in [0.15, 0.2) is 18.2 Å². The molecule has 0 bridgehead atoms. The molecule has 1 aromatic rings. The maximum Gasteiger partial charge on any atom is 0.273 e. The molecule has 2 rings (SSSR count). The molecule has 0 amide bonds. The van der Waals surface area contributed by atoms with Crippen molar-refractivity contribution in [3.05, 3.63) is 33.9 Å². The van der Waals surface area contributed by atoms with Crippen LogP contribution in [0.3, 0.4) is 0 Å². The molecule has 1 aromatic carbocycles. The molecule has 0 radical (unpaired) electrons. The molecule has 1 aliphatic heterocycles. The van der Waals surface area contributed by atoms with Crippen LogP contribution in [0.4, 0.5) is 5.69 Å². The fraction of sp³-hybridized carbons (Fsp3) is 0.600. The number of methoxy groups -OCH3 is 1. The zero-order chi connectivity index (χ0) is 15.2. The molecule has 1 N–H and O–H groups in total. The molecule has 1 saturated heterocycles. The molecular weight excluding hydrogens is 270 g/mol. The Hall–Kier alpha value is -1.66. The van der Waals surface area contributed by atoms with Crippen LogP contribution in [-0.2, 0) is 6.54 Å². The minimum atomic E-state index is -0.371. The van der Waals surface area contributed by atoms with Crippen LogP contribution in [0.25, 0.3) is 0 Å². The van der Waals surface area contributed by atoms with Gasteiger partial charge in [-0.3, -0.25) is 15.0 Å². The average Bonchev–Trinajstić information content (AvgIpc) is 2.53. The lowest BCUT2D eigenvalue weighted by atomic mass is 10.0. The maximum absolute atomic E-state index is 11.0. The highest BCUT2D eigenvalue weighted by Crippen LogP contribution is 2.24. The first-order chi connectivity index (χ1) is 10.1. The van der Waals surface area contributed by atoms with Gasteiger partial charge in [0.1, 0.15) is 5.75 Å². The van der Waals surface area contributed by atoms with Crippen molar-refractivity contribution >= 4 is 5.69 Å². The van der Waals surface area contributed by atoms with Gasteiger partial charge in [-0.15, -0.1) is 0 Å². The Kier molecular flexibility index (Phi) is 5.52. The first kappa shape index (κ1) is 15.7. The van der Waals surface area contributed by atoms with Gasteiger partial charge in [0.2, 0.25) is 0 Å². The Bertz CT molecular complexity index is 487. The monoisotopic (exact) mass is 293 g/mol. The smallest absolute Gasteiger partial charge is 0.273 e. The van der Waals surface area contributed by atoms with Crippen LogP contribution in [0.2, 0.25) is 0 Å². The fourth-order valence-electron chi connectivity index (χ4n) is 2.84. The van der Waals surface area contributed by atoms with Crippen LogP contribution >= 0.6 is 0 Å². The standard InChI is InChI=1S/C15H23N3O3/c1-3-17(13-5-4-6-16-10-13)11-12-7-14(18(19)20)9-15(8-12)21-2/h7-9,13,16H,3-6,10-11H2,1-2H3. The maximum atomic E-state index is 11.0. The van der Waals surface area contributed by atoms with Crippen molar-refractivity contribution in [3.8, 4) is 5.75 Å². The molecule has 116 valence electrons. The van der Waals surface area contributed by atoms with E-state index in [0.717, 1.165) is 25.2 Å². The van der Waals surface area contributed by atoms with Crippen molar-refractivity contribution in [2.45, 2.75) is 32.4 Å². The summed E-state index contributed by atoms with van der Waals surface area (Å²) in [5.41, 5.74) is 1.01. The summed E-state index contributed by atoms with van der Waals surface area (Å²) < 4.78 is 5.17. The predicted octanol–water partition coefficient (Wildman–Crippen LogP) is 2.18. The van der Waals surface area contributed by atoms with Gasteiger partial charge in [-0.1, -0.05) is 6.92 Å². The van der Waals surface area contributed by atoms with Crippen molar-refractivity contribution in [2.24, 2.45) is 0 Å². The lowest BCUT2D eigenvalue weighted by Crippen LogP contribution is -2.45. The highest BCUT2D eigenvalue weighted by atomic mass is 16.6. The van der Waals surface area contributed by atoms with E-state index in [4.69, 9.17) is 4.74 Å². The summed E-state index contributed by atoms with van der Waals surface area (Å²) in [7, 11) is 1.53. The number of nitro groups is 1. The molecule has 1 heterocycles. The number of rotatable bonds is 6. The second-order valence-electron chi connectivity index (χ2n) is 5.36. The summed E-state index contributed by atoms with van der Waals surface area (Å²) in [6.07, 6.45) is 2.35. The van der Waals surface area contributed by atoms with E-state index in [1.165, 1.54) is 26.0 Å². The van der Waals surface area contributed by atoms with Gasteiger partial charge in [0.05, 0.1) is 18.1 Å². The van der Waals surface area contributed by atoms with Gasteiger partial charge in [-0.05, 0) is 37.6 Å². The molecule has 6 nitrogen and oxygen atoms in total. The van der Waals surface area contributed by atoms with Crippen molar-refractivity contribution in [1.82, 2.24) is 10.2 Å². The predicted molar refractivity (Wildman–Crippen MR) is 81.6 cm³/mol. The molecule has 0 spiro atoms. The van der Waals surface area contributed by atoms with E-state index in [-0.39, 0.29) is 10.6 Å². The normalized spacial score (nSPS) is 18.7. The highest BCUT2D eigenvalue weighted by molar-refractivity contribution is 5.42. The summed E-state index contributed by atoms with van der Waals surface area (Å²) in [4.78, 5) is 13.0. The summed E-state index contributed by atoms with van der Waals surface area (Å²) in [6.45, 7) is 5.83. The molecule has 0 aliphatic carbocycles. The third kappa shape index (κ3) is 4.15. The molecular formula is C15H23N3O3. The van der Waals surface area contributed by atoms with E-state index in [0.29, 0.717) is 18.3 Å². The molecule has 6 heteroatoms. The number of piperidine rings is 1. The summed E-state index contributed by atoms with van der Waals surface area (Å²) >= 11 is 0. The lowest BCUT2D eigenvalue weighted by Gasteiger charge is -2.34. The van der Waals surface area contributed by atoms with Gasteiger partial charge in [0.25, 0.3) is 5.69 Å². The van der Waals surface area contributed by atoms with Crippen molar-refractivity contribution in [2.75, 3.05) is 26.7 Å². The second kappa shape index (κ2) is 7.38.